The van der Waals surface area contributed by atoms with Crippen LogP contribution in [0.15, 0.2) is 48.5 Å². The second-order valence-corrected chi connectivity index (χ2v) is 8.87. The molecule has 0 saturated carbocycles. The van der Waals surface area contributed by atoms with E-state index in [0.717, 1.165) is 28.2 Å². The van der Waals surface area contributed by atoms with Gasteiger partial charge in [-0.3, -0.25) is 4.79 Å². The molecular weight excluding hydrogens is 367 g/mol. The van der Waals surface area contributed by atoms with Crippen LogP contribution >= 0.6 is 0 Å². The largest absolute Gasteiger partial charge is 0.308 e. The van der Waals surface area contributed by atoms with Crippen LogP contribution < -0.4 is 4.90 Å². The van der Waals surface area contributed by atoms with Gasteiger partial charge in [-0.05, 0) is 43.0 Å². The first kappa shape index (κ1) is 19.5. The van der Waals surface area contributed by atoms with Crippen molar-refractivity contribution in [3.8, 4) is 0 Å². The van der Waals surface area contributed by atoms with E-state index in [1.807, 2.05) is 31.2 Å². The lowest BCUT2D eigenvalue weighted by Crippen LogP contribution is -2.45. The molecule has 1 aliphatic rings. The van der Waals surface area contributed by atoms with Gasteiger partial charge in [0.1, 0.15) is 5.82 Å². The van der Waals surface area contributed by atoms with Crippen molar-refractivity contribution in [3.05, 3.63) is 65.5 Å². The maximum Gasteiger partial charge on any atom is 0.242 e. The number of fused-ring (bicyclic) bond motifs is 1. The van der Waals surface area contributed by atoms with Crippen molar-refractivity contribution < 1.29 is 17.6 Å². The lowest BCUT2D eigenvalue weighted by Gasteiger charge is -2.26. The van der Waals surface area contributed by atoms with Gasteiger partial charge in [0.15, 0.2) is 0 Å². The van der Waals surface area contributed by atoms with Gasteiger partial charge in [-0.2, -0.15) is 4.31 Å². The zero-order valence-electron chi connectivity index (χ0n) is 15.4. The molecule has 144 valence electrons. The minimum atomic E-state index is -3.60. The van der Waals surface area contributed by atoms with Gasteiger partial charge in [0.05, 0.1) is 12.8 Å². The summed E-state index contributed by atoms with van der Waals surface area (Å²) in [4.78, 5) is 14.6. The molecule has 0 bridgehead atoms. The fraction of sp³-hybridized carbons (Fsp3) is 0.350. The molecule has 0 aromatic heterocycles. The summed E-state index contributed by atoms with van der Waals surface area (Å²) in [6.45, 7) is 1.74. The van der Waals surface area contributed by atoms with Crippen LogP contribution in [0.1, 0.15) is 18.1 Å². The van der Waals surface area contributed by atoms with Gasteiger partial charge in [0.25, 0.3) is 0 Å². The number of amides is 1. The number of nitrogens with zero attached hydrogens (tertiary/aromatic N) is 2. The number of para-hydroxylation sites is 1. The molecule has 0 spiro atoms. The Morgan fingerprint density at radius 1 is 1.19 bits per heavy atom. The second kappa shape index (κ2) is 7.78. The highest BCUT2D eigenvalue weighted by atomic mass is 32.2. The van der Waals surface area contributed by atoms with Crippen molar-refractivity contribution in [1.29, 1.82) is 0 Å². The molecule has 7 heteroatoms. The van der Waals surface area contributed by atoms with E-state index in [1.165, 1.54) is 6.07 Å². The van der Waals surface area contributed by atoms with Crippen molar-refractivity contribution in [1.82, 2.24) is 4.31 Å². The predicted molar refractivity (Wildman–Crippen MR) is 104 cm³/mol. The molecule has 0 N–H and O–H groups in total. The quantitative estimate of drug-likeness (QED) is 0.762. The highest BCUT2D eigenvalue weighted by molar-refractivity contribution is 7.88. The number of hydrogen-bond donors (Lipinski definition) is 0. The van der Waals surface area contributed by atoms with Crippen molar-refractivity contribution >= 4 is 21.6 Å². The maximum atomic E-state index is 13.8. The Morgan fingerprint density at radius 2 is 1.85 bits per heavy atom. The van der Waals surface area contributed by atoms with Crippen molar-refractivity contribution in [3.63, 3.8) is 0 Å². The molecule has 3 rings (SSSR count). The second-order valence-electron chi connectivity index (χ2n) is 6.88. The third-order valence-electron chi connectivity index (χ3n) is 4.84. The summed E-state index contributed by atoms with van der Waals surface area (Å²) in [5, 5.41) is 0. The van der Waals surface area contributed by atoms with E-state index in [-0.39, 0.29) is 37.3 Å². The molecule has 0 fully saturated rings. The van der Waals surface area contributed by atoms with Crippen LogP contribution in [0.3, 0.4) is 0 Å². The summed E-state index contributed by atoms with van der Waals surface area (Å²) in [6.07, 6.45) is 2.03. The number of benzene rings is 2. The first-order valence-corrected chi connectivity index (χ1v) is 10.7. The van der Waals surface area contributed by atoms with Gasteiger partial charge in [-0.1, -0.05) is 36.4 Å². The normalized spacial score (nSPS) is 16.6. The lowest BCUT2D eigenvalue weighted by molar-refractivity contribution is -0.119. The number of halogens is 1. The molecule has 1 amide bonds. The highest BCUT2D eigenvalue weighted by Gasteiger charge is 2.32. The molecule has 0 radical (unpaired) electrons. The lowest BCUT2D eigenvalue weighted by atomic mass is 10.1. The fourth-order valence-corrected chi connectivity index (χ4v) is 4.25. The predicted octanol–water partition coefficient (Wildman–Crippen LogP) is 2.61. The molecule has 27 heavy (non-hydrogen) atoms. The monoisotopic (exact) mass is 390 g/mol. The Balaban J connectivity index is 1.75. The third kappa shape index (κ3) is 4.36. The van der Waals surface area contributed by atoms with Crippen molar-refractivity contribution in [2.75, 3.05) is 24.2 Å². The SMILES string of the molecule is CC1Cc2ccccc2N1C(=O)CN(CCc1ccccc1F)S(C)(=O)=O. The Morgan fingerprint density at radius 3 is 2.56 bits per heavy atom. The molecule has 5 nitrogen and oxygen atoms in total. The molecule has 0 aliphatic carbocycles. The van der Waals surface area contributed by atoms with Gasteiger partial charge in [-0.15, -0.1) is 0 Å². The minimum Gasteiger partial charge on any atom is -0.308 e. The van der Waals surface area contributed by atoms with E-state index >= 15 is 0 Å². The standard InChI is InChI=1S/C20H23FN2O3S/c1-15-13-17-8-4-6-10-19(17)23(15)20(24)14-22(27(2,25)26)12-11-16-7-3-5-9-18(16)21/h3-10,15H,11-14H2,1-2H3. The summed E-state index contributed by atoms with van der Waals surface area (Å²) in [5.74, 6) is -0.647. The Kier molecular flexibility index (Phi) is 5.62. The third-order valence-corrected chi connectivity index (χ3v) is 6.09. The van der Waals surface area contributed by atoms with E-state index in [4.69, 9.17) is 0 Å². The van der Waals surface area contributed by atoms with Crippen molar-refractivity contribution in [2.24, 2.45) is 0 Å². The molecule has 2 aromatic rings. The van der Waals surface area contributed by atoms with Crippen LogP contribution in [0.25, 0.3) is 0 Å². The Hall–Kier alpha value is -2.25. The number of hydrogen-bond acceptors (Lipinski definition) is 3. The first-order chi connectivity index (χ1) is 12.8. The zero-order chi connectivity index (χ0) is 19.6. The molecule has 0 saturated heterocycles. The van der Waals surface area contributed by atoms with E-state index < -0.39 is 10.0 Å². The summed E-state index contributed by atoms with van der Waals surface area (Å²) in [6, 6.07) is 13.9. The number of carbonyl (C=O) groups is 1. The summed E-state index contributed by atoms with van der Waals surface area (Å²) < 4.78 is 39.3. The van der Waals surface area contributed by atoms with Gasteiger partial charge in [-0.25, -0.2) is 12.8 Å². The molecule has 1 atom stereocenters. The summed E-state index contributed by atoms with van der Waals surface area (Å²) in [7, 11) is -3.60. The molecular formula is C20H23FN2O3S. The van der Waals surface area contributed by atoms with Crippen LogP contribution in [0.4, 0.5) is 10.1 Å². The molecule has 2 aromatic carbocycles. The molecule has 1 aliphatic heterocycles. The van der Waals surface area contributed by atoms with Crippen molar-refractivity contribution in [2.45, 2.75) is 25.8 Å². The van der Waals surface area contributed by atoms with Gasteiger partial charge in [0, 0.05) is 18.3 Å². The van der Waals surface area contributed by atoms with Crippen LogP contribution in [0, 0.1) is 5.82 Å². The van der Waals surface area contributed by atoms with E-state index in [1.54, 1.807) is 23.1 Å². The fourth-order valence-electron chi connectivity index (χ4n) is 3.48. The summed E-state index contributed by atoms with van der Waals surface area (Å²) >= 11 is 0. The van der Waals surface area contributed by atoms with Gasteiger partial charge >= 0.3 is 0 Å². The molecule has 1 unspecified atom stereocenters. The number of carbonyl (C=O) groups excluding carboxylic acids is 1. The number of anilines is 1. The first-order valence-electron chi connectivity index (χ1n) is 8.86. The maximum absolute atomic E-state index is 13.8. The molecule has 1 heterocycles. The van der Waals surface area contributed by atoms with Gasteiger partial charge < -0.3 is 4.90 Å². The van der Waals surface area contributed by atoms with E-state index in [9.17, 15) is 17.6 Å². The zero-order valence-corrected chi connectivity index (χ0v) is 16.2. The van der Waals surface area contributed by atoms with Crippen LogP contribution in [-0.4, -0.2) is 44.0 Å². The number of rotatable bonds is 6. The van der Waals surface area contributed by atoms with Crippen LogP contribution in [0.5, 0.6) is 0 Å². The Bertz CT molecular complexity index is 946. The summed E-state index contributed by atoms with van der Waals surface area (Å²) in [5.41, 5.74) is 2.34. The average Bonchev–Trinajstić information content (AvgIpc) is 2.94. The number of sulfonamides is 1. The smallest absolute Gasteiger partial charge is 0.242 e. The minimum absolute atomic E-state index is 0.0251. The highest BCUT2D eigenvalue weighted by Crippen LogP contribution is 2.32. The van der Waals surface area contributed by atoms with Gasteiger partial charge in [0.2, 0.25) is 15.9 Å². The van der Waals surface area contributed by atoms with Crippen LogP contribution in [-0.2, 0) is 27.7 Å². The van der Waals surface area contributed by atoms with Crippen LogP contribution in [0.2, 0.25) is 0 Å². The Labute approximate surface area is 159 Å². The van der Waals surface area contributed by atoms with E-state index in [2.05, 4.69) is 0 Å². The topological polar surface area (TPSA) is 57.7 Å². The van der Waals surface area contributed by atoms with E-state index in [0.29, 0.717) is 5.56 Å². The average molecular weight is 390 g/mol.